The lowest BCUT2D eigenvalue weighted by Gasteiger charge is -2.59. The fourth-order valence-corrected chi connectivity index (χ4v) is 8.49. The highest BCUT2D eigenvalue weighted by atomic mass is 16.7. The van der Waals surface area contributed by atoms with Gasteiger partial charge in [-0.1, -0.05) is 18.6 Å². The molecule has 0 aliphatic heterocycles. The number of fused-ring (bicyclic) bond motifs is 5. The van der Waals surface area contributed by atoms with Gasteiger partial charge in [0.25, 0.3) is 0 Å². The Balaban J connectivity index is 1.39. The van der Waals surface area contributed by atoms with Crippen LogP contribution in [0.3, 0.4) is 0 Å². The van der Waals surface area contributed by atoms with Gasteiger partial charge in [-0.05, 0) is 87.4 Å². The summed E-state index contributed by atoms with van der Waals surface area (Å²) in [6.07, 6.45) is 15.4. The number of methoxy groups -OCH3 is 1. The fraction of sp³-hybridized carbons (Fsp3) is 0.920. The van der Waals surface area contributed by atoms with E-state index in [0.717, 1.165) is 38.5 Å². The third kappa shape index (κ3) is 3.00. The van der Waals surface area contributed by atoms with Gasteiger partial charge in [0.15, 0.2) is 5.79 Å². The van der Waals surface area contributed by atoms with Crippen molar-refractivity contribution in [1.82, 2.24) is 0 Å². The van der Waals surface area contributed by atoms with E-state index < -0.39 is 0 Å². The summed E-state index contributed by atoms with van der Waals surface area (Å²) in [5.41, 5.74) is 1.53. The van der Waals surface area contributed by atoms with Crippen molar-refractivity contribution in [3.05, 3.63) is 11.6 Å². The van der Waals surface area contributed by atoms with Gasteiger partial charge < -0.3 is 19.7 Å². The molecule has 4 fully saturated rings. The maximum absolute atomic E-state index is 10.6. The molecule has 4 saturated carbocycles. The number of hydrogen-bond acceptors (Lipinski definition) is 4. The van der Waals surface area contributed by atoms with Gasteiger partial charge in [0.2, 0.25) is 0 Å². The topological polar surface area (TPSA) is 58.9 Å². The molecule has 0 bridgehead atoms. The first-order chi connectivity index (χ1) is 14.0. The van der Waals surface area contributed by atoms with Gasteiger partial charge in [-0.15, -0.1) is 0 Å². The van der Waals surface area contributed by atoms with E-state index in [1.807, 2.05) is 7.11 Å². The zero-order valence-corrected chi connectivity index (χ0v) is 18.4. The summed E-state index contributed by atoms with van der Waals surface area (Å²) in [5, 5.41) is 20.7. The quantitative estimate of drug-likeness (QED) is 0.532. The molecular weight excluding hydrogens is 364 g/mol. The van der Waals surface area contributed by atoms with E-state index >= 15 is 0 Å². The number of rotatable bonds is 4. The summed E-state index contributed by atoms with van der Waals surface area (Å²) in [6, 6.07) is 0. The van der Waals surface area contributed by atoms with Gasteiger partial charge in [-0.2, -0.15) is 0 Å². The van der Waals surface area contributed by atoms with Crippen LogP contribution in [-0.4, -0.2) is 41.9 Å². The van der Waals surface area contributed by atoms with Crippen LogP contribution >= 0.6 is 0 Å². The zero-order chi connectivity index (χ0) is 20.3. The number of ether oxygens (including phenoxy) is 2. The zero-order valence-electron chi connectivity index (χ0n) is 18.4. The Morgan fingerprint density at radius 1 is 1.00 bits per heavy atom. The fourth-order valence-electron chi connectivity index (χ4n) is 8.49. The van der Waals surface area contributed by atoms with Gasteiger partial charge >= 0.3 is 0 Å². The summed E-state index contributed by atoms with van der Waals surface area (Å²) < 4.78 is 12.7. The molecule has 2 N–H and O–H groups in total. The molecule has 0 radical (unpaired) electrons. The van der Waals surface area contributed by atoms with Crippen LogP contribution in [0.4, 0.5) is 0 Å². The Morgan fingerprint density at radius 3 is 2.52 bits per heavy atom. The van der Waals surface area contributed by atoms with Crippen LogP contribution in [-0.2, 0) is 9.47 Å². The molecule has 4 nitrogen and oxygen atoms in total. The molecule has 164 valence electrons. The Bertz CT molecular complexity index is 653. The molecule has 0 aromatic heterocycles. The summed E-state index contributed by atoms with van der Waals surface area (Å²) >= 11 is 0. The molecule has 29 heavy (non-hydrogen) atoms. The monoisotopic (exact) mass is 404 g/mol. The summed E-state index contributed by atoms with van der Waals surface area (Å²) in [6.45, 7) is 2.74. The maximum Gasteiger partial charge on any atom is 0.168 e. The highest BCUT2D eigenvalue weighted by molar-refractivity contribution is 5.26. The number of aliphatic hydroxyl groups excluding tert-OH is 2. The van der Waals surface area contributed by atoms with Gasteiger partial charge in [0.1, 0.15) is 0 Å². The second kappa shape index (κ2) is 7.32. The first-order valence-corrected chi connectivity index (χ1v) is 12.2. The van der Waals surface area contributed by atoms with Crippen molar-refractivity contribution >= 4 is 0 Å². The van der Waals surface area contributed by atoms with Crippen LogP contribution in [0.1, 0.15) is 84.0 Å². The average Bonchev–Trinajstić information content (AvgIpc) is 3.33. The standard InChI is InChI=1S/C25H40O4/c1-23-13-10-21-19(6-5-17-15-18(27)9-14-24(17,21)16-26)20(23)7-8-22(23)29-25(28-2)11-3-4-12-25/h15,18-22,26-27H,3-14,16H2,1-2H3/t18?,19-,20-,21+,22?,23-,24+/m0/s1. The normalized spacial score (nSPS) is 48.6. The molecule has 0 aromatic carbocycles. The minimum atomic E-state index is -0.340. The van der Waals surface area contributed by atoms with Crippen molar-refractivity contribution in [2.24, 2.45) is 28.6 Å². The molecule has 0 aromatic rings. The maximum atomic E-state index is 10.6. The summed E-state index contributed by atoms with van der Waals surface area (Å²) in [5.74, 6) is 1.61. The van der Waals surface area contributed by atoms with Crippen molar-refractivity contribution < 1.29 is 19.7 Å². The molecule has 2 unspecified atom stereocenters. The van der Waals surface area contributed by atoms with E-state index in [2.05, 4.69) is 13.0 Å². The average molecular weight is 405 g/mol. The molecule has 5 rings (SSSR count). The lowest BCUT2D eigenvalue weighted by Crippen LogP contribution is -2.54. The molecule has 7 atom stereocenters. The number of aliphatic hydroxyl groups is 2. The minimum Gasteiger partial charge on any atom is -0.395 e. The van der Waals surface area contributed by atoms with E-state index in [4.69, 9.17) is 9.47 Å². The SMILES string of the molecule is COC1(OC2CC[C@H]3[C@@H]4CCC5=CC(O)CC[C@]5(CO)[C@@H]4CC[C@]23C)CCCC1. The predicted octanol–water partition coefficient (Wildman–Crippen LogP) is 4.58. The van der Waals surface area contributed by atoms with Crippen molar-refractivity contribution in [3.63, 3.8) is 0 Å². The smallest absolute Gasteiger partial charge is 0.168 e. The molecule has 0 spiro atoms. The van der Waals surface area contributed by atoms with Crippen molar-refractivity contribution in [2.75, 3.05) is 13.7 Å². The van der Waals surface area contributed by atoms with E-state index in [1.165, 1.54) is 44.1 Å². The first-order valence-electron chi connectivity index (χ1n) is 12.2. The van der Waals surface area contributed by atoms with Crippen LogP contribution in [0.5, 0.6) is 0 Å². The third-order valence-corrected chi connectivity index (χ3v) is 10.1. The molecule has 5 aliphatic rings. The number of hydrogen-bond donors (Lipinski definition) is 2. The van der Waals surface area contributed by atoms with Crippen LogP contribution in [0.2, 0.25) is 0 Å². The predicted molar refractivity (Wildman–Crippen MR) is 112 cm³/mol. The summed E-state index contributed by atoms with van der Waals surface area (Å²) in [4.78, 5) is 0. The van der Waals surface area contributed by atoms with E-state index in [0.29, 0.717) is 23.9 Å². The van der Waals surface area contributed by atoms with Crippen molar-refractivity contribution in [2.45, 2.75) is 102 Å². The van der Waals surface area contributed by atoms with Gasteiger partial charge in [-0.3, -0.25) is 0 Å². The largest absolute Gasteiger partial charge is 0.395 e. The Hall–Kier alpha value is -0.420. The Labute approximate surface area is 176 Å². The summed E-state index contributed by atoms with van der Waals surface area (Å²) in [7, 11) is 1.83. The Morgan fingerprint density at radius 2 is 1.79 bits per heavy atom. The van der Waals surface area contributed by atoms with Gasteiger partial charge in [-0.25, -0.2) is 0 Å². The van der Waals surface area contributed by atoms with E-state index in [-0.39, 0.29) is 29.3 Å². The first kappa shape index (κ1) is 20.5. The van der Waals surface area contributed by atoms with E-state index in [9.17, 15) is 10.2 Å². The lowest BCUT2D eigenvalue weighted by atomic mass is 9.47. The van der Waals surface area contributed by atoms with Crippen molar-refractivity contribution in [3.8, 4) is 0 Å². The molecule has 0 heterocycles. The van der Waals surface area contributed by atoms with Crippen LogP contribution < -0.4 is 0 Å². The second-order valence-electron chi connectivity index (χ2n) is 11.1. The van der Waals surface area contributed by atoms with Crippen LogP contribution in [0, 0.1) is 28.6 Å². The van der Waals surface area contributed by atoms with Gasteiger partial charge in [0.05, 0.1) is 18.8 Å². The highest BCUT2D eigenvalue weighted by Gasteiger charge is 2.61. The van der Waals surface area contributed by atoms with Gasteiger partial charge in [0, 0.05) is 25.4 Å². The lowest BCUT2D eigenvalue weighted by molar-refractivity contribution is -0.263. The highest BCUT2D eigenvalue weighted by Crippen LogP contribution is 2.66. The minimum absolute atomic E-state index is 0.0678. The van der Waals surface area contributed by atoms with E-state index in [1.54, 1.807) is 0 Å². The van der Waals surface area contributed by atoms with Crippen molar-refractivity contribution in [1.29, 1.82) is 0 Å². The van der Waals surface area contributed by atoms with Crippen LogP contribution in [0.15, 0.2) is 11.6 Å². The molecular formula is C25H40O4. The molecule has 4 heteroatoms. The third-order valence-electron chi connectivity index (χ3n) is 10.1. The molecule has 0 saturated heterocycles. The van der Waals surface area contributed by atoms with Crippen LogP contribution in [0.25, 0.3) is 0 Å². The molecule has 5 aliphatic carbocycles. The molecule has 0 amide bonds. The second-order valence-corrected chi connectivity index (χ2v) is 11.1. The Kier molecular flexibility index (Phi) is 5.17.